The van der Waals surface area contributed by atoms with Crippen molar-refractivity contribution in [1.82, 2.24) is 9.78 Å². The van der Waals surface area contributed by atoms with Gasteiger partial charge in [0.15, 0.2) is 0 Å². The van der Waals surface area contributed by atoms with Gasteiger partial charge < -0.3 is 5.11 Å². The molecule has 1 aliphatic carbocycles. The molecule has 0 radical (unpaired) electrons. The number of nitrogens with zero attached hydrogens (tertiary/aromatic N) is 2. The molecule has 1 heterocycles. The first-order valence-corrected chi connectivity index (χ1v) is 6.09. The van der Waals surface area contributed by atoms with Crippen molar-refractivity contribution in [3.63, 3.8) is 0 Å². The molecule has 0 amide bonds. The molecule has 0 saturated carbocycles. The largest absolute Gasteiger partial charge is 0.384 e. The Balaban J connectivity index is 2.13. The zero-order chi connectivity index (χ0) is 11.5. The van der Waals surface area contributed by atoms with Crippen molar-refractivity contribution in [1.29, 1.82) is 0 Å². The lowest BCUT2D eigenvalue weighted by Crippen LogP contribution is -2.04. The van der Waals surface area contributed by atoms with Gasteiger partial charge >= 0.3 is 0 Å². The highest BCUT2D eigenvalue weighted by molar-refractivity contribution is 5.22. The fourth-order valence-electron chi connectivity index (χ4n) is 2.10. The van der Waals surface area contributed by atoms with Crippen molar-refractivity contribution < 1.29 is 5.11 Å². The molecule has 3 nitrogen and oxygen atoms in total. The minimum atomic E-state index is -0.451. The van der Waals surface area contributed by atoms with Crippen molar-refractivity contribution in [3.8, 4) is 0 Å². The zero-order valence-electron chi connectivity index (χ0n) is 10.1. The normalized spacial score (nSPS) is 18.6. The van der Waals surface area contributed by atoms with Gasteiger partial charge in [0.05, 0.1) is 6.20 Å². The van der Waals surface area contributed by atoms with Gasteiger partial charge in [0.25, 0.3) is 0 Å². The van der Waals surface area contributed by atoms with E-state index in [2.05, 4.69) is 25.0 Å². The Bertz CT molecular complexity index is 379. The molecule has 0 bridgehead atoms. The summed E-state index contributed by atoms with van der Waals surface area (Å²) < 4.78 is 1.89. The van der Waals surface area contributed by atoms with Gasteiger partial charge in [0.2, 0.25) is 0 Å². The molecule has 88 valence electrons. The predicted molar refractivity (Wildman–Crippen MR) is 64.1 cm³/mol. The number of hydrogen-bond acceptors (Lipinski definition) is 2. The Morgan fingerprint density at radius 3 is 2.75 bits per heavy atom. The summed E-state index contributed by atoms with van der Waals surface area (Å²) in [5, 5.41) is 14.5. The molecule has 0 saturated heterocycles. The van der Waals surface area contributed by atoms with Gasteiger partial charge in [-0.05, 0) is 45.1 Å². The lowest BCUT2D eigenvalue weighted by atomic mass is 9.93. The Morgan fingerprint density at radius 1 is 1.38 bits per heavy atom. The Morgan fingerprint density at radius 2 is 2.19 bits per heavy atom. The molecule has 0 aromatic carbocycles. The van der Waals surface area contributed by atoms with Crippen LogP contribution in [-0.2, 0) is 0 Å². The van der Waals surface area contributed by atoms with E-state index in [9.17, 15) is 5.11 Å². The summed E-state index contributed by atoms with van der Waals surface area (Å²) in [5.41, 5.74) is 2.08. The van der Waals surface area contributed by atoms with E-state index in [-0.39, 0.29) is 0 Å². The first-order valence-electron chi connectivity index (χ1n) is 6.09. The molecule has 1 N–H and O–H groups in total. The fourth-order valence-corrected chi connectivity index (χ4v) is 2.10. The number of aliphatic hydroxyl groups is 1. The zero-order valence-corrected chi connectivity index (χ0v) is 10.1. The van der Waals surface area contributed by atoms with Crippen LogP contribution in [-0.4, -0.2) is 14.9 Å². The molecule has 1 atom stereocenters. The number of hydrogen-bond donors (Lipinski definition) is 1. The number of aromatic nitrogens is 2. The molecule has 3 heteroatoms. The fraction of sp³-hybridized carbons (Fsp3) is 0.615. The third-order valence-electron chi connectivity index (χ3n) is 3.14. The molecular formula is C13H20N2O. The van der Waals surface area contributed by atoms with Crippen LogP contribution in [0.4, 0.5) is 0 Å². The van der Waals surface area contributed by atoms with Crippen LogP contribution in [0.5, 0.6) is 0 Å². The highest BCUT2D eigenvalue weighted by Gasteiger charge is 2.17. The molecule has 0 fully saturated rings. The van der Waals surface area contributed by atoms with Crippen LogP contribution in [0.1, 0.15) is 57.2 Å². The summed E-state index contributed by atoms with van der Waals surface area (Å²) >= 11 is 0. The van der Waals surface area contributed by atoms with Gasteiger partial charge in [0.1, 0.15) is 6.10 Å². The molecule has 1 aliphatic rings. The monoisotopic (exact) mass is 220 g/mol. The Kier molecular flexibility index (Phi) is 3.44. The van der Waals surface area contributed by atoms with E-state index in [1.807, 2.05) is 10.9 Å². The summed E-state index contributed by atoms with van der Waals surface area (Å²) in [6, 6.07) is 0.348. The van der Waals surface area contributed by atoms with Gasteiger partial charge in [-0.3, -0.25) is 4.68 Å². The number of aliphatic hydroxyl groups excluding tert-OH is 1. The molecule has 0 aliphatic heterocycles. The van der Waals surface area contributed by atoms with Crippen LogP contribution in [0, 0.1) is 0 Å². The molecule has 1 unspecified atom stereocenters. The smallest absolute Gasteiger partial charge is 0.103 e. The summed E-state index contributed by atoms with van der Waals surface area (Å²) in [7, 11) is 0. The first kappa shape index (κ1) is 11.4. The van der Waals surface area contributed by atoms with Gasteiger partial charge in [-0.2, -0.15) is 5.10 Å². The predicted octanol–water partition coefficient (Wildman–Crippen LogP) is 3.00. The SMILES string of the molecule is CC(C)n1cc(C(O)C2=CCCCC2)cn1. The molecule has 1 aromatic rings. The maximum Gasteiger partial charge on any atom is 0.103 e. The highest BCUT2D eigenvalue weighted by atomic mass is 16.3. The Labute approximate surface area is 96.8 Å². The van der Waals surface area contributed by atoms with Crippen LogP contribution in [0.2, 0.25) is 0 Å². The molecular weight excluding hydrogens is 200 g/mol. The third-order valence-corrected chi connectivity index (χ3v) is 3.14. The van der Waals surface area contributed by atoms with E-state index < -0.39 is 6.10 Å². The van der Waals surface area contributed by atoms with E-state index >= 15 is 0 Å². The van der Waals surface area contributed by atoms with E-state index in [0.717, 1.165) is 24.0 Å². The minimum absolute atomic E-state index is 0.348. The van der Waals surface area contributed by atoms with E-state index in [0.29, 0.717) is 6.04 Å². The van der Waals surface area contributed by atoms with Crippen molar-refractivity contribution in [2.75, 3.05) is 0 Å². The lowest BCUT2D eigenvalue weighted by Gasteiger charge is -2.17. The van der Waals surface area contributed by atoms with E-state index in [1.165, 1.54) is 12.8 Å². The second-order valence-electron chi connectivity index (χ2n) is 4.77. The minimum Gasteiger partial charge on any atom is -0.384 e. The van der Waals surface area contributed by atoms with Crippen molar-refractivity contribution >= 4 is 0 Å². The van der Waals surface area contributed by atoms with Crippen LogP contribution in [0.25, 0.3) is 0 Å². The summed E-state index contributed by atoms with van der Waals surface area (Å²) in [6.45, 7) is 4.17. The van der Waals surface area contributed by atoms with Crippen LogP contribution >= 0.6 is 0 Å². The van der Waals surface area contributed by atoms with Crippen LogP contribution in [0.15, 0.2) is 24.0 Å². The molecule has 0 spiro atoms. The quantitative estimate of drug-likeness (QED) is 0.795. The summed E-state index contributed by atoms with van der Waals surface area (Å²) in [6.07, 6.45) is 10.0. The number of allylic oxidation sites excluding steroid dienone is 1. The average molecular weight is 220 g/mol. The van der Waals surface area contributed by atoms with Gasteiger partial charge in [-0.25, -0.2) is 0 Å². The maximum absolute atomic E-state index is 10.2. The molecule has 1 aromatic heterocycles. The summed E-state index contributed by atoms with van der Waals surface area (Å²) in [4.78, 5) is 0. The number of rotatable bonds is 3. The Hall–Kier alpha value is -1.09. The van der Waals surface area contributed by atoms with Crippen molar-refractivity contribution in [3.05, 3.63) is 29.6 Å². The standard InChI is InChI=1S/C13H20N2O/c1-10(2)15-9-12(8-14-15)13(16)11-6-4-3-5-7-11/h6,8-10,13,16H,3-5,7H2,1-2H3. The topological polar surface area (TPSA) is 38.0 Å². The highest BCUT2D eigenvalue weighted by Crippen LogP contribution is 2.29. The van der Waals surface area contributed by atoms with Gasteiger partial charge in [0, 0.05) is 17.8 Å². The van der Waals surface area contributed by atoms with E-state index in [4.69, 9.17) is 0 Å². The lowest BCUT2D eigenvalue weighted by molar-refractivity contribution is 0.208. The van der Waals surface area contributed by atoms with Crippen LogP contribution < -0.4 is 0 Å². The van der Waals surface area contributed by atoms with Crippen molar-refractivity contribution in [2.24, 2.45) is 0 Å². The van der Waals surface area contributed by atoms with Gasteiger partial charge in [-0.15, -0.1) is 0 Å². The second kappa shape index (κ2) is 4.83. The average Bonchev–Trinajstić information content (AvgIpc) is 2.78. The van der Waals surface area contributed by atoms with Crippen molar-refractivity contribution in [2.45, 2.75) is 51.7 Å². The summed E-state index contributed by atoms with van der Waals surface area (Å²) in [5.74, 6) is 0. The van der Waals surface area contributed by atoms with E-state index in [1.54, 1.807) is 6.20 Å². The second-order valence-corrected chi connectivity index (χ2v) is 4.77. The van der Waals surface area contributed by atoms with Gasteiger partial charge in [-0.1, -0.05) is 6.08 Å². The third kappa shape index (κ3) is 2.35. The molecule has 16 heavy (non-hydrogen) atoms. The van der Waals surface area contributed by atoms with Crippen LogP contribution in [0.3, 0.4) is 0 Å². The first-order chi connectivity index (χ1) is 7.68. The molecule has 2 rings (SSSR count). The maximum atomic E-state index is 10.2.